The zero-order valence-electron chi connectivity index (χ0n) is 11.9. The van der Waals surface area contributed by atoms with Gasteiger partial charge in [0.2, 0.25) is 0 Å². The van der Waals surface area contributed by atoms with E-state index in [9.17, 15) is 9.59 Å². The van der Waals surface area contributed by atoms with Gasteiger partial charge in [-0.2, -0.15) is 0 Å². The van der Waals surface area contributed by atoms with Gasteiger partial charge < -0.3 is 14.1 Å². The maximum atomic E-state index is 12.2. The minimum atomic E-state index is -0.242. The normalized spacial score (nSPS) is 10.5. The number of carbonyl (C=O) groups is 1. The SMILES string of the molecule is O=CCn1c(=O)cc(OCc2ccccc2)c2ccccc21. The molecule has 0 aliphatic heterocycles. The average Bonchev–Trinajstić information content (AvgIpc) is 2.57. The van der Waals surface area contributed by atoms with Gasteiger partial charge in [0, 0.05) is 11.5 Å². The standard InChI is InChI=1S/C18H15NO3/c20-11-10-19-16-9-5-4-8-15(16)17(12-18(19)21)22-13-14-6-2-1-3-7-14/h1-9,11-12H,10,13H2. The Morgan fingerprint density at radius 1 is 1.00 bits per heavy atom. The van der Waals surface area contributed by atoms with Crippen LogP contribution in [-0.2, 0) is 17.9 Å². The molecule has 0 radical (unpaired) electrons. The molecule has 22 heavy (non-hydrogen) atoms. The first kappa shape index (κ1) is 14.1. The van der Waals surface area contributed by atoms with E-state index in [0.29, 0.717) is 17.9 Å². The zero-order chi connectivity index (χ0) is 15.4. The molecule has 0 unspecified atom stereocenters. The third-order valence-electron chi connectivity index (χ3n) is 3.48. The van der Waals surface area contributed by atoms with Crippen LogP contribution in [0.15, 0.2) is 65.5 Å². The number of carbonyl (C=O) groups excluding carboxylic acids is 1. The number of rotatable bonds is 5. The molecular weight excluding hydrogens is 278 g/mol. The average molecular weight is 293 g/mol. The maximum Gasteiger partial charge on any atom is 0.255 e. The van der Waals surface area contributed by atoms with Crippen molar-refractivity contribution in [2.45, 2.75) is 13.2 Å². The van der Waals surface area contributed by atoms with Crippen LogP contribution in [0.25, 0.3) is 10.9 Å². The van der Waals surface area contributed by atoms with E-state index in [2.05, 4.69) is 0 Å². The summed E-state index contributed by atoms with van der Waals surface area (Å²) in [5, 5.41) is 0.819. The molecule has 0 saturated heterocycles. The van der Waals surface area contributed by atoms with E-state index in [1.54, 1.807) is 0 Å². The lowest BCUT2D eigenvalue weighted by molar-refractivity contribution is -0.108. The van der Waals surface area contributed by atoms with E-state index in [4.69, 9.17) is 4.74 Å². The minimum Gasteiger partial charge on any atom is -0.488 e. The summed E-state index contributed by atoms with van der Waals surface area (Å²) < 4.78 is 7.26. The highest BCUT2D eigenvalue weighted by Crippen LogP contribution is 2.24. The van der Waals surface area contributed by atoms with Crippen LogP contribution in [0.4, 0.5) is 0 Å². The summed E-state index contributed by atoms with van der Waals surface area (Å²) in [6, 6.07) is 18.6. The van der Waals surface area contributed by atoms with Crippen molar-refractivity contribution in [2.75, 3.05) is 0 Å². The lowest BCUT2D eigenvalue weighted by atomic mass is 10.2. The second-order valence-electron chi connectivity index (χ2n) is 4.92. The second kappa shape index (κ2) is 6.26. The summed E-state index contributed by atoms with van der Waals surface area (Å²) in [5.74, 6) is 0.534. The zero-order valence-corrected chi connectivity index (χ0v) is 11.9. The molecule has 0 amide bonds. The van der Waals surface area contributed by atoms with Crippen molar-refractivity contribution in [1.82, 2.24) is 4.57 Å². The molecule has 4 heteroatoms. The van der Waals surface area contributed by atoms with E-state index in [-0.39, 0.29) is 12.1 Å². The molecule has 0 spiro atoms. The van der Waals surface area contributed by atoms with Gasteiger partial charge in [-0.05, 0) is 17.7 Å². The third-order valence-corrected chi connectivity index (χ3v) is 3.48. The van der Waals surface area contributed by atoms with Crippen molar-refractivity contribution < 1.29 is 9.53 Å². The lowest BCUT2D eigenvalue weighted by Gasteiger charge is -2.12. The van der Waals surface area contributed by atoms with Gasteiger partial charge in [0.25, 0.3) is 5.56 Å². The van der Waals surface area contributed by atoms with E-state index in [1.165, 1.54) is 10.6 Å². The van der Waals surface area contributed by atoms with Crippen LogP contribution in [0.2, 0.25) is 0 Å². The fraction of sp³-hybridized carbons (Fsp3) is 0.111. The molecule has 0 saturated carbocycles. The van der Waals surface area contributed by atoms with Crippen LogP contribution in [0.5, 0.6) is 5.75 Å². The molecule has 0 aliphatic rings. The molecule has 3 aromatic rings. The Morgan fingerprint density at radius 3 is 2.50 bits per heavy atom. The van der Waals surface area contributed by atoms with E-state index in [0.717, 1.165) is 17.2 Å². The molecule has 1 heterocycles. The number of benzene rings is 2. The van der Waals surface area contributed by atoms with Crippen LogP contribution < -0.4 is 10.3 Å². The molecule has 0 fully saturated rings. The fourth-order valence-electron chi connectivity index (χ4n) is 2.42. The summed E-state index contributed by atoms with van der Waals surface area (Å²) >= 11 is 0. The van der Waals surface area contributed by atoms with Gasteiger partial charge in [-0.1, -0.05) is 42.5 Å². The van der Waals surface area contributed by atoms with Crippen molar-refractivity contribution in [2.24, 2.45) is 0 Å². The molecule has 2 aromatic carbocycles. The highest BCUT2D eigenvalue weighted by molar-refractivity contribution is 5.85. The predicted octanol–water partition coefficient (Wildman–Crippen LogP) is 2.78. The minimum absolute atomic E-state index is 0.0400. The second-order valence-corrected chi connectivity index (χ2v) is 4.92. The predicted molar refractivity (Wildman–Crippen MR) is 85.0 cm³/mol. The Labute approximate surface area is 127 Å². The molecule has 0 bridgehead atoms. The largest absolute Gasteiger partial charge is 0.488 e. The summed E-state index contributed by atoms with van der Waals surface area (Å²) in [5.41, 5.74) is 1.49. The van der Waals surface area contributed by atoms with Crippen LogP contribution in [0.1, 0.15) is 5.56 Å². The molecule has 0 aliphatic carbocycles. The Kier molecular flexibility index (Phi) is 4.01. The quantitative estimate of drug-likeness (QED) is 0.680. The Balaban J connectivity index is 2.01. The number of pyridine rings is 1. The highest BCUT2D eigenvalue weighted by atomic mass is 16.5. The number of ether oxygens (including phenoxy) is 1. The van der Waals surface area contributed by atoms with E-state index >= 15 is 0 Å². The van der Waals surface area contributed by atoms with Crippen molar-refractivity contribution in [3.63, 3.8) is 0 Å². The summed E-state index contributed by atoms with van der Waals surface area (Å²) in [4.78, 5) is 23.0. The van der Waals surface area contributed by atoms with Crippen molar-refractivity contribution >= 4 is 17.2 Å². The van der Waals surface area contributed by atoms with Gasteiger partial charge in [0.1, 0.15) is 18.6 Å². The summed E-state index contributed by atoms with van der Waals surface area (Å²) in [7, 11) is 0. The smallest absolute Gasteiger partial charge is 0.255 e. The number of aromatic nitrogens is 1. The van der Waals surface area contributed by atoms with Gasteiger partial charge in [-0.25, -0.2) is 0 Å². The monoisotopic (exact) mass is 293 g/mol. The Hall–Kier alpha value is -2.88. The molecule has 0 atom stereocenters. The number of fused-ring (bicyclic) bond motifs is 1. The molecule has 1 aromatic heterocycles. The Morgan fingerprint density at radius 2 is 1.73 bits per heavy atom. The van der Waals surface area contributed by atoms with Gasteiger partial charge in [0.15, 0.2) is 0 Å². The van der Waals surface area contributed by atoms with Crippen LogP contribution in [0, 0.1) is 0 Å². The fourth-order valence-corrected chi connectivity index (χ4v) is 2.42. The first-order valence-corrected chi connectivity index (χ1v) is 7.02. The number of hydrogen-bond donors (Lipinski definition) is 0. The number of nitrogens with zero attached hydrogens (tertiary/aromatic N) is 1. The number of aldehydes is 1. The van der Waals surface area contributed by atoms with Crippen molar-refractivity contribution in [3.8, 4) is 5.75 Å². The lowest BCUT2D eigenvalue weighted by Crippen LogP contribution is -2.20. The summed E-state index contributed by atoms with van der Waals surface area (Å²) in [6.45, 7) is 0.431. The van der Waals surface area contributed by atoms with Crippen LogP contribution in [-0.4, -0.2) is 10.9 Å². The van der Waals surface area contributed by atoms with Gasteiger partial charge in [-0.15, -0.1) is 0 Å². The first-order chi connectivity index (χ1) is 10.8. The molecule has 110 valence electrons. The molecule has 3 rings (SSSR count). The number of hydrogen-bond acceptors (Lipinski definition) is 3. The topological polar surface area (TPSA) is 48.3 Å². The first-order valence-electron chi connectivity index (χ1n) is 7.02. The molecule has 4 nitrogen and oxygen atoms in total. The number of para-hydroxylation sites is 1. The van der Waals surface area contributed by atoms with Crippen LogP contribution >= 0.6 is 0 Å². The van der Waals surface area contributed by atoms with Gasteiger partial charge in [-0.3, -0.25) is 4.79 Å². The third kappa shape index (κ3) is 2.76. The summed E-state index contributed by atoms with van der Waals surface area (Å²) in [6.07, 6.45) is 0.721. The Bertz CT molecular complexity index is 853. The highest BCUT2D eigenvalue weighted by Gasteiger charge is 2.09. The molecule has 0 N–H and O–H groups in total. The van der Waals surface area contributed by atoms with Gasteiger partial charge >= 0.3 is 0 Å². The van der Waals surface area contributed by atoms with Crippen molar-refractivity contribution in [1.29, 1.82) is 0 Å². The molecular formula is C18H15NO3. The van der Waals surface area contributed by atoms with Crippen molar-refractivity contribution in [3.05, 3.63) is 76.6 Å². The van der Waals surface area contributed by atoms with Crippen LogP contribution in [0.3, 0.4) is 0 Å². The van der Waals surface area contributed by atoms with Gasteiger partial charge in [0.05, 0.1) is 12.1 Å². The maximum absolute atomic E-state index is 12.2. The van der Waals surface area contributed by atoms with E-state index in [1.807, 2.05) is 54.6 Å². The van der Waals surface area contributed by atoms with E-state index < -0.39 is 0 Å².